The maximum atomic E-state index is 11.8. The van der Waals surface area contributed by atoms with E-state index in [2.05, 4.69) is 29.8 Å². The minimum atomic E-state index is -5.06. The van der Waals surface area contributed by atoms with Gasteiger partial charge in [0.2, 0.25) is 0 Å². The number of azo groups is 2. The van der Waals surface area contributed by atoms with Crippen molar-refractivity contribution in [1.82, 2.24) is 0 Å². The molecule has 4 aromatic rings. The first kappa shape index (κ1) is 30.5. The fourth-order valence-corrected chi connectivity index (χ4v) is 4.93. The summed E-state index contributed by atoms with van der Waals surface area (Å²) in [7, 11) is -9.77. The lowest BCUT2D eigenvalue weighted by Gasteiger charge is -2.10. The van der Waals surface area contributed by atoms with Crippen LogP contribution in [0.4, 0.5) is 22.7 Å². The summed E-state index contributed by atoms with van der Waals surface area (Å²) in [5.74, 6) is -2.61. The van der Waals surface area contributed by atoms with E-state index in [-0.39, 0.29) is 27.9 Å². The lowest BCUT2D eigenvalue weighted by molar-refractivity contribution is -0.432. The van der Waals surface area contributed by atoms with Crippen LogP contribution in [0.3, 0.4) is 0 Å². The summed E-state index contributed by atoms with van der Waals surface area (Å²) >= 11 is 0.581. The molecular weight excluding hydrogens is 624 g/mol. The number of hydrogen-bond acceptors (Lipinski definition) is 16. The second kappa shape index (κ2) is 11.8. The van der Waals surface area contributed by atoms with Crippen LogP contribution in [0.1, 0.15) is 0 Å². The fourth-order valence-electron chi connectivity index (χ4n) is 3.40. The molecule has 0 radical (unpaired) electrons. The third-order valence-electron chi connectivity index (χ3n) is 5.30. The zero-order chi connectivity index (χ0) is 30.8. The molecule has 220 valence electrons. The SMILES string of the molecule is O=S(=O)(O)c1ccc2c(N=Nc3cc(O)c(N=Nc4cc(SOOO)ccc4O)cc3O)c(O)c(S(=O)(=O)O)cc2c1. The quantitative estimate of drug-likeness (QED) is 0.0301. The molecule has 0 heterocycles. The summed E-state index contributed by atoms with van der Waals surface area (Å²) in [6.45, 7) is 0. The minimum absolute atomic E-state index is 0.0682. The fraction of sp³-hybridized carbons (Fsp3) is 0. The molecule has 0 saturated carbocycles. The second-order valence-corrected chi connectivity index (χ2v) is 11.6. The van der Waals surface area contributed by atoms with E-state index in [1.165, 1.54) is 18.2 Å². The Kier molecular flexibility index (Phi) is 8.60. The predicted molar refractivity (Wildman–Crippen MR) is 142 cm³/mol. The molecule has 4 rings (SSSR count). The molecule has 0 spiro atoms. The van der Waals surface area contributed by atoms with Crippen LogP contribution in [0.5, 0.6) is 23.0 Å². The Bertz CT molecular complexity index is 1980. The van der Waals surface area contributed by atoms with Crippen molar-refractivity contribution >= 4 is 65.8 Å². The highest BCUT2D eigenvalue weighted by Gasteiger charge is 2.23. The zero-order valence-electron chi connectivity index (χ0n) is 20.3. The van der Waals surface area contributed by atoms with Crippen LogP contribution in [-0.2, 0) is 29.6 Å². The average Bonchev–Trinajstić information content (AvgIpc) is 2.91. The number of rotatable bonds is 9. The van der Waals surface area contributed by atoms with E-state index in [1.807, 2.05) is 0 Å². The smallest absolute Gasteiger partial charge is 0.298 e. The molecule has 0 fully saturated rings. The Balaban J connectivity index is 1.74. The molecule has 0 aliphatic heterocycles. The topological polar surface area (TPSA) is 278 Å². The Hall–Kier alpha value is -4.41. The Morgan fingerprint density at radius 3 is 1.83 bits per heavy atom. The van der Waals surface area contributed by atoms with Gasteiger partial charge in [-0.2, -0.15) is 16.8 Å². The number of phenolic OH excluding ortho intramolecular Hbond substituents is 4. The van der Waals surface area contributed by atoms with E-state index in [9.17, 15) is 46.4 Å². The minimum Gasteiger partial charge on any atom is -0.506 e. The molecule has 17 nitrogen and oxygen atoms in total. The van der Waals surface area contributed by atoms with E-state index in [4.69, 9.17) is 5.26 Å². The van der Waals surface area contributed by atoms with Crippen molar-refractivity contribution < 1.29 is 61.0 Å². The van der Waals surface area contributed by atoms with Crippen molar-refractivity contribution in [3.63, 3.8) is 0 Å². The molecule has 0 aliphatic rings. The third-order valence-corrected chi connectivity index (χ3v) is 7.59. The molecular formula is C22H16N4O13S3. The zero-order valence-corrected chi connectivity index (χ0v) is 22.7. The van der Waals surface area contributed by atoms with Crippen LogP contribution < -0.4 is 0 Å². The molecule has 0 aromatic heterocycles. The number of benzene rings is 4. The van der Waals surface area contributed by atoms with Gasteiger partial charge in [-0.3, -0.25) is 9.11 Å². The number of hydrogen-bond donors (Lipinski definition) is 7. The Morgan fingerprint density at radius 2 is 1.26 bits per heavy atom. The van der Waals surface area contributed by atoms with Gasteiger partial charge in [-0.25, -0.2) is 5.26 Å². The highest BCUT2D eigenvalue weighted by atomic mass is 32.2. The molecule has 0 bridgehead atoms. The van der Waals surface area contributed by atoms with E-state index >= 15 is 0 Å². The number of nitrogens with zero attached hydrogens (tertiary/aromatic N) is 4. The van der Waals surface area contributed by atoms with Crippen molar-refractivity contribution in [3.8, 4) is 23.0 Å². The van der Waals surface area contributed by atoms with Crippen molar-refractivity contribution in [3.05, 3.63) is 54.6 Å². The molecule has 42 heavy (non-hydrogen) atoms. The first-order chi connectivity index (χ1) is 19.7. The monoisotopic (exact) mass is 640 g/mol. The van der Waals surface area contributed by atoms with Crippen LogP contribution in [-0.4, -0.2) is 51.6 Å². The largest absolute Gasteiger partial charge is 0.506 e. The van der Waals surface area contributed by atoms with Crippen molar-refractivity contribution in [2.75, 3.05) is 0 Å². The van der Waals surface area contributed by atoms with Crippen LogP contribution in [0.2, 0.25) is 0 Å². The highest BCUT2D eigenvalue weighted by molar-refractivity contribution is 7.94. The van der Waals surface area contributed by atoms with Crippen molar-refractivity contribution in [1.29, 1.82) is 0 Å². The van der Waals surface area contributed by atoms with Crippen molar-refractivity contribution in [2.45, 2.75) is 14.7 Å². The average molecular weight is 641 g/mol. The van der Waals surface area contributed by atoms with Gasteiger partial charge in [0, 0.05) is 22.4 Å². The maximum Gasteiger partial charge on any atom is 0.298 e. The molecule has 7 N–H and O–H groups in total. The van der Waals surface area contributed by atoms with Gasteiger partial charge in [0.1, 0.15) is 44.9 Å². The van der Waals surface area contributed by atoms with E-state index in [0.717, 1.165) is 36.4 Å². The lowest BCUT2D eigenvalue weighted by atomic mass is 10.1. The van der Waals surface area contributed by atoms with Gasteiger partial charge in [0.15, 0.2) is 5.75 Å². The summed E-state index contributed by atoms with van der Waals surface area (Å²) in [4.78, 5) is -1.34. The number of fused-ring (bicyclic) bond motifs is 1. The van der Waals surface area contributed by atoms with E-state index < -0.39 is 58.7 Å². The molecule has 20 heteroatoms. The van der Waals surface area contributed by atoms with Crippen molar-refractivity contribution in [2.24, 2.45) is 20.5 Å². The molecule has 0 aliphatic carbocycles. The lowest BCUT2D eigenvalue weighted by Crippen LogP contribution is -2.00. The van der Waals surface area contributed by atoms with E-state index in [0.29, 0.717) is 16.9 Å². The Morgan fingerprint density at radius 1 is 0.667 bits per heavy atom. The van der Waals surface area contributed by atoms with Gasteiger partial charge in [0.05, 0.1) is 16.9 Å². The number of aromatic hydroxyl groups is 4. The summed E-state index contributed by atoms with van der Waals surface area (Å²) in [6.07, 6.45) is 0. The predicted octanol–water partition coefficient (Wildman–Crippen LogP) is 5.41. The van der Waals surface area contributed by atoms with Crippen LogP contribution in [0.15, 0.2) is 89.7 Å². The first-order valence-corrected chi connectivity index (χ1v) is 14.4. The van der Waals surface area contributed by atoms with Gasteiger partial charge in [0.25, 0.3) is 20.2 Å². The molecule has 0 amide bonds. The van der Waals surface area contributed by atoms with Crippen LogP contribution in [0.25, 0.3) is 10.8 Å². The Labute approximate surface area is 239 Å². The maximum absolute atomic E-state index is 11.8. The van der Waals surface area contributed by atoms with Gasteiger partial charge in [-0.15, -0.1) is 24.8 Å². The van der Waals surface area contributed by atoms with Gasteiger partial charge >= 0.3 is 0 Å². The van der Waals surface area contributed by atoms with Crippen LogP contribution >= 0.6 is 12.0 Å². The molecule has 0 saturated heterocycles. The normalized spacial score (nSPS) is 12.5. The first-order valence-electron chi connectivity index (χ1n) is 10.8. The molecule has 0 unspecified atom stereocenters. The summed E-state index contributed by atoms with van der Waals surface area (Å²) < 4.78 is 69.8. The third kappa shape index (κ3) is 6.72. The number of phenols is 4. The van der Waals surface area contributed by atoms with Crippen LogP contribution in [0, 0.1) is 0 Å². The van der Waals surface area contributed by atoms with Gasteiger partial charge in [-0.1, -0.05) is 11.1 Å². The molecule has 4 aromatic carbocycles. The standard InChI is InChI=1S/C22H16N4O13S3/c27-17-4-1-11(40-39-38-31)7-14(17)23-24-15-8-19(29)16(9-18(15)28)25-26-21-13-3-2-12(41(32,33)34)5-10(13)6-20(22(21)30)42(35,36)37/h1-9,27-31H,(H,32,33,34)(H,35,36,37). The molecule has 0 atom stereocenters. The second-order valence-electron chi connectivity index (χ2n) is 8.01. The highest BCUT2D eigenvalue weighted by Crippen LogP contribution is 2.44. The summed E-state index contributed by atoms with van der Waals surface area (Å²) in [5.41, 5.74) is -1.37. The van der Waals surface area contributed by atoms with E-state index in [1.54, 1.807) is 0 Å². The summed E-state index contributed by atoms with van der Waals surface area (Å²) in [6, 6.07) is 9.35. The van der Waals surface area contributed by atoms with Gasteiger partial charge < -0.3 is 20.4 Å². The summed E-state index contributed by atoms with van der Waals surface area (Å²) in [5, 5.41) is 67.7. The van der Waals surface area contributed by atoms with Gasteiger partial charge in [-0.05, 0) is 41.8 Å².